The first kappa shape index (κ1) is 13.5. The van der Waals surface area contributed by atoms with E-state index in [1.807, 2.05) is 32.0 Å². The van der Waals surface area contributed by atoms with Crippen LogP contribution in [0.3, 0.4) is 0 Å². The fourth-order valence-corrected chi connectivity index (χ4v) is 2.86. The van der Waals surface area contributed by atoms with Crippen molar-refractivity contribution in [2.24, 2.45) is 0 Å². The summed E-state index contributed by atoms with van der Waals surface area (Å²) in [7, 11) is 0. The summed E-state index contributed by atoms with van der Waals surface area (Å²) in [5.41, 5.74) is 1.15. The van der Waals surface area contributed by atoms with Crippen molar-refractivity contribution in [2.45, 2.75) is 31.9 Å². The predicted octanol–water partition coefficient (Wildman–Crippen LogP) is 3.12. The Morgan fingerprint density at radius 3 is 2.95 bits per heavy atom. The van der Waals surface area contributed by atoms with Crippen molar-refractivity contribution in [3.63, 3.8) is 0 Å². The number of hydrogen-bond acceptors (Lipinski definition) is 2. The van der Waals surface area contributed by atoms with Gasteiger partial charge in [-0.05, 0) is 32.4 Å². The van der Waals surface area contributed by atoms with Gasteiger partial charge in [-0.1, -0.05) is 23.7 Å². The third kappa shape index (κ3) is 2.53. The second-order valence-corrected chi connectivity index (χ2v) is 6.24. The van der Waals surface area contributed by atoms with Gasteiger partial charge in [0.25, 0.3) is 5.91 Å². The summed E-state index contributed by atoms with van der Waals surface area (Å²) in [5, 5.41) is 4.55. The molecule has 1 amide bonds. The van der Waals surface area contributed by atoms with E-state index in [2.05, 4.69) is 10.3 Å². The molecule has 1 aromatic heterocycles. The fraction of sp³-hybridized carbons (Fsp3) is 0.400. The molecule has 1 unspecified atom stereocenters. The minimum atomic E-state index is -0.165. The van der Waals surface area contributed by atoms with E-state index in [4.69, 9.17) is 16.3 Å². The minimum Gasteiger partial charge on any atom is -0.373 e. The largest absolute Gasteiger partial charge is 0.373 e. The third-order valence-corrected chi connectivity index (χ3v) is 3.91. The lowest BCUT2D eigenvalue weighted by atomic mass is 10.0. The highest BCUT2D eigenvalue weighted by Gasteiger charge is 2.33. The zero-order valence-electron chi connectivity index (χ0n) is 11.5. The van der Waals surface area contributed by atoms with E-state index in [0.29, 0.717) is 17.3 Å². The summed E-state index contributed by atoms with van der Waals surface area (Å²) in [6.07, 6.45) is 0.819. The van der Waals surface area contributed by atoms with Gasteiger partial charge in [-0.3, -0.25) is 4.79 Å². The molecule has 106 valence electrons. The number of rotatable bonds is 2. The second kappa shape index (κ2) is 4.79. The van der Waals surface area contributed by atoms with Crippen LogP contribution in [-0.2, 0) is 4.74 Å². The first-order chi connectivity index (χ1) is 9.44. The number of carbonyl (C=O) groups excluding carboxylic acids is 1. The van der Waals surface area contributed by atoms with E-state index in [-0.39, 0.29) is 17.6 Å². The van der Waals surface area contributed by atoms with Gasteiger partial charge >= 0.3 is 0 Å². The number of para-hydroxylation sites is 1. The van der Waals surface area contributed by atoms with Crippen molar-refractivity contribution in [2.75, 3.05) is 6.61 Å². The van der Waals surface area contributed by atoms with Crippen molar-refractivity contribution in [3.8, 4) is 0 Å². The lowest BCUT2D eigenvalue weighted by Crippen LogP contribution is -2.36. The van der Waals surface area contributed by atoms with Crippen LogP contribution >= 0.6 is 11.6 Å². The molecule has 2 N–H and O–H groups in total. The Labute approximate surface area is 122 Å². The molecule has 0 spiro atoms. The van der Waals surface area contributed by atoms with Crippen LogP contribution in [0, 0.1) is 0 Å². The summed E-state index contributed by atoms with van der Waals surface area (Å²) in [6.45, 7) is 4.61. The number of ether oxygens (including phenoxy) is 1. The molecule has 1 aromatic carbocycles. The number of H-pyrrole nitrogens is 1. The zero-order valence-corrected chi connectivity index (χ0v) is 12.3. The van der Waals surface area contributed by atoms with Crippen LogP contribution in [0.25, 0.3) is 10.9 Å². The summed E-state index contributed by atoms with van der Waals surface area (Å²) in [4.78, 5) is 15.3. The number of amides is 1. The number of nitrogens with one attached hydrogen (secondary N) is 2. The van der Waals surface area contributed by atoms with E-state index >= 15 is 0 Å². The lowest BCUT2D eigenvalue weighted by molar-refractivity contribution is 0.0355. The Morgan fingerprint density at radius 1 is 1.50 bits per heavy atom. The van der Waals surface area contributed by atoms with E-state index < -0.39 is 0 Å². The van der Waals surface area contributed by atoms with Crippen LogP contribution < -0.4 is 5.32 Å². The summed E-state index contributed by atoms with van der Waals surface area (Å²) in [5.74, 6) is -0.122. The van der Waals surface area contributed by atoms with E-state index in [9.17, 15) is 4.79 Å². The maximum Gasteiger partial charge on any atom is 0.268 e. The lowest BCUT2D eigenvalue weighted by Gasteiger charge is -2.15. The van der Waals surface area contributed by atoms with Crippen molar-refractivity contribution < 1.29 is 9.53 Å². The highest BCUT2D eigenvalue weighted by Crippen LogP contribution is 2.26. The number of hydrogen-bond donors (Lipinski definition) is 2. The average Bonchev–Trinajstić information content (AvgIpc) is 2.94. The Kier molecular flexibility index (Phi) is 3.22. The molecule has 0 bridgehead atoms. The second-order valence-electron chi connectivity index (χ2n) is 5.83. The van der Waals surface area contributed by atoms with Gasteiger partial charge in [0.2, 0.25) is 0 Å². The molecule has 4 nitrogen and oxygen atoms in total. The number of carbonyl (C=O) groups is 1. The molecule has 0 radical (unpaired) electrons. The topological polar surface area (TPSA) is 54.1 Å². The molecule has 1 aliphatic heterocycles. The Morgan fingerprint density at radius 2 is 2.30 bits per heavy atom. The molecule has 3 rings (SSSR count). The van der Waals surface area contributed by atoms with Crippen LogP contribution in [-0.4, -0.2) is 29.1 Å². The summed E-state index contributed by atoms with van der Waals surface area (Å²) in [6, 6.07) is 7.47. The highest BCUT2D eigenvalue weighted by atomic mass is 35.5. The van der Waals surface area contributed by atoms with Crippen molar-refractivity contribution in [3.05, 3.63) is 35.0 Å². The van der Waals surface area contributed by atoms with Crippen molar-refractivity contribution >= 4 is 28.4 Å². The maximum absolute atomic E-state index is 12.3. The number of aromatic amines is 1. The number of halogens is 1. The minimum absolute atomic E-state index is 0.0550. The van der Waals surface area contributed by atoms with Crippen LogP contribution in [0.4, 0.5) is 0 Å². The molecule has 20 heavy (non-hydrogen) atoms. The molecule has 0 aliphatic carbocycles. The molecule has 1 fully saturated rings. The smallest absolute Gasteiger partial charge is 0.268 e. The summed E-state index contributed by atoms with van der Waals surface area (Å²) >= 11 is 6.10. The van der Waals surface area contributed by atoms with Gasteiger partial charge in [0.05, 0.1) is 28.8 Å². The number of aromatic nitrogens is 1. The number of benzene rings is 1. The molecule has 1 atom stereocenters. The molecule has 2 aromatic rings. The maximum atomic E-state index is 12.3. The monoisotopic (exact) mass is 292 g/mol. The molecular formula is C15H17ClN2O2. The predicted molar refractivity (Wildman–Crippen MR) is 79.2 cm³/mol. The van der Waals surface area contributed by atoms with E-state index in [1.54, 1.807) is 6.07 Å². The van der Waals surface area contributed by atoms with Crippen molar-refractivity contribution in [1.29, 1.82) is 0 Å². The Hall–Kier alpha value is -1.52. The molecule has 2 heterocycles. The number of fused-ring (bicyclic) bond motifs is 1. The van der Waals surface area contributed by atoms with Crippen LogP contribution in [0.5, 0.6) is 0 Å². The summed E-state index contributed by atoms with van der Waals surface area (Å²) < 4.78 is 5.62. The van der Waals surface area contributed by atoms with Crippen LogP contribution in [0.2, 0.25) is 5.02 Å². The van der Waals surface area contributed by atoms with E-state index in [1.165, 1.54) is 0 Å². The molecule has 1 aliphatic rings. The Bertz CT molecular complexity index is 663. The first-order valence-electron chi connectivity index (χ1n) is 6.67. The van der Waals surface area contributed by atoms with Gasteiger partial charge in [0, 0.05) is 5.39 Å². The van der Waals surface area contributed by atoms with Gasteiger partial charge < -0.3 is 15.0 Å². The van der Waals surface area contributed by atoms with Gasteiger partial charge in [0.15, 0.2) is 0 Å². The molecule has 5 heteroatoms. The normalized spacial score (nSPS) is 21.2. The van der Waals surface area contributed by atoms with Crippen LogP contribution in [0.15, 0.2) is 24.3 Å². The zero-order chi connectivity index (χ0) is 14.3. The Balaban J connectivity index is 1.78. The molecule has 1 saturated heterocycles. The van der Waals surface area contributed by atoms with Crippen molar-refractivity contribution in [1.82, 2.24) is 10.3 Å². The fourth-order valence-electron chi connectivity index (χ4n) is 2.63. The quantitative estimate of drug-likeness (QED) is 0.893. The highest BCUT2D eigenvalue weighted by molar-refractivity contribution is 6.35. The third-order valence-electron chi connectivity index (χ3n) is 3.60. The van der Waals surface area contributed by atoms with E-state index in [0.717, 1.165) is 17.3 Å². The van der Waals surface area contributed by atoms with Crippen LogP contribution in [0.1, 0.15) is 30.8 Å². The van der Waals surface area contributed by atoms with Gasteiger partial charge in [0.1, 0.15) is 5.69 Å². The van der Waals surface area contributed by atoms with Gasteiger partial charge in [-0.25, -0.2) is 0 Å². The van der Waals surface area contributed by atoms with Gasteiger partial charge in [-0.15, -0.1) is 0 Å². The van der Waals surface area contributed by atoms with Gasteiger partial charge in [-0.2, -0.15) is 0 Å². The first-order valence-corrected chi connectivity index (χ1v) is 7.04. The molecule has 0 saturated carbocycles. The SMILES string of the molecule is CC1(C)CC(NC(=O)c2cc3cccc(Cl)c3[nH]2)CO1. The average molecular weight is 293 g/mol. The standard InChI is InChI=1S/C15H17ClN2O2/c1-15(2)7-10(8-20-15)17-14(19)12-6-9-4-3-5-11(16)13(9)18-12/h3-6,10,18H,7-8H2,1-2H3,(H,17,19). The molecular weight excluding hydrogens is 276 g/mol.